The average Bonchev–Trinajstić information content (AvgIpc) is 3.30. The number of rotatable bonds is 5. The third kappa shape index (κ3) is 3.68. The number of thiophene rings is 2. The van der Waals surface area contributed by atoms with Gasteiger partial charge in [-0.3, -0.25) is 0 Å². The minimum atomic E-state index is 0.542. The lowest BCUT2D eigenvalue weighted by Crippen LogP contribution is -2.08. The Labute approximate surface area is 170 Å². The molecule has 0 saturated carbocycles. The molecule has 1 aliphatic rings. The van der Waals surface area contributed by atoms with Crippen LogP contribution in [0.25, 0.3) is 11.1 Å². The molecule has 2 aromatic heterocycles. The van der Waals surface area contributed by atoms with Crippen molar-refractivity contribution < 1.29 is 0 Å². The van der Waals surface area contributed by atoms with E-state index < -0.39 is 0 Å². The molecule has 0 amide bonds. The van der Waals surface area contributed by atoms with E-state index in [1.807, 2.05) is 22.7 Å². The molecule has 1 unspecified atom stereocenters. The van der Waals surface area contributed by atoms with Crippen molar-refractivity contribution in [3.8, 4) is 0 Å². The van der Waals surface area contributed by atoms with Crippen molar-refractivity contribution in [3.63, 3.8) is 0 Å². The highest BCUT2D eigenvalue weighted by Gasteiger charge is 2.23. The van der Waals surface area contributed by atoms with Gasteiger partial charge in [0.25, 0.3) is 0 Å². The topological polar surface area (TPSA) is 12.4 Å². The predicted molar refractivity (Wildman–Crippen MR) is 123 cm³/mol. The predicted octanol–water partition coefficient (Wildman–Crippen LogP) is 7.77. The molecule has 0 fully saturated rings. The number of hydrogen-bond donors (Lipinski definition) is 1. The lowest BCUT2D eigenvalue weighted by atomic mass is 9.90. The summed E-state index contributed by atoms with van der Waals surface area (Å²) in [6.07, 6.45) is 5.50. The second-order valence-electron chi connectivity index (χ2n) is 6.96. The van der Waals surface area contributed by atoms with Gasteiger partial charge in [-0.05, 0) is 55.3 Å². The monoisotopic (exact) mass is 399 g/mol. The quantitative estimate of drug-likeness (QED) is 0.493. The molecular formula is C22H25NS3. The van der Waals surface area contributed by atoms with E-state index in [1.165, 1.54) is 19.5 Å². The molecule has 3 rings (SSSR count). The summed E-state index contributed by atoms with van der Waals surface area (Å²) in [6, 6.07) is 8.85. The van der Waals surface area contributed by atoms with Gasteiger partial charge in [0.05, 0.1) is 5.71 Å². The normalized spacial score (nSPS) is 17.6. The van der Waals surface area contributed by atoms with Gasteiger partial charge in [-0.25, -0.2) is 4.40 Å². The lowest BCUT2D eigenvalue weighted by molar-refractivity contribution is 0.748. The molecule has 4 heteroatoms. The summed E-state index contributed by atoms with van der Waals surface area (Å²) in [5.74, 6) is 1.13. The lowest BCUT2D eigenvalue weighted by Gasteiger charge is -2.18. The zero-order chi connectivity index (χ0) is 18.8. The molecule has 0 N–H and O–H groups in total. The molecule has 0 bridgehead atoms. The summed E-state index contributed by atoms with van der Waals surface area (Å²) in [4.78, 5) is 5.29. The van der Waals surface area contributed by atoms with E-state index in [1.54, 1.807) is 0 Å². The summed E-state index contributed by atoms with van der Waals surface area (Å²) >= 11 is 7.94. The first-order valence-corrected chi connectivity index (χ1v) is 11.0. The number of hydrogen-bond acceptors (Lipinski definition) is 4. The summed E-state index contributed by atoms with van der Waals surface area (Å²) in [5, 5.41) is 0. The Bertz CT molecular complexity index is 905. The van der Waals surface area contributed by atoms with E-state index in [4.69, 9.17) is 0 Å². The maximum absolute atomic E-state index is 4.33. The van der Waals surface area contributed by atoms with E-state index in [0.29, 0.717) is 11.8 Å². The standard InChI is InChI=1S/C22H25NS3/c1-6-14(4)19-10-12-21(26-19)17-8-7-16(15(5)22(17)23-24)20-11-9-18(25-20)13(2)3/h7-14,24H,5-6H2,1-4H3. The SMILES string of the molecule is C=C1C(c2ccc(C(C)C)s2)=CC=C(c2ccc(C(C)CC)s2)C1=NS. The van der Waals surface area contributed by atoms with Gasteiger partial charge in [0, 0.05) is 36.2 Å². The summed E-state index contributed by atoms with van der Waals surface area (Å²) in [5.41, 5.74) is 4.10. The van der Waals surface area contributed by atoms with Gasteiger partial charge < -0.3 is 0 Å². The Morgan fingerprint density at radius 3 is 2.12 bits per heavy atom. The Balaban J connectivity index is 1.99. The van der Waals surface area contributed by atoms with Gasteiger partial charge >= 0.3 is 0 Å². The highest BCUT2D eigenvalue weighted by molar-refractivity contribution is 7.79. The number of allylic oxidation sites excluding steroid dienone is 5. The Morgan fingerprint density at radius 1 is 0.962 bits per heavy atom. The van der Waals surface area contributed by atoms with E-state index in [-0.39, 0.29) is 0 Å². The van der Waals surface area contributed by atoms with Crippen LogP contribution in [0.15, 0.2) is 53.0 Å². The van der Waals surface area contributed by atoms with Crippen LogP contribution in [-0.4, -0.2) is 5.71 Å². The first kappa shape index (κ1) is 19.4. The van der Waals surface area contributed by atoms with Crippen LogP contribution in [0.2, 0.25) is 0 Å². The molecule has 136 valence electrons. The van der Waals surface area contributed by atoms with Gasteiger partial charge in [0.2, 0.25) is 0 Å². The second-order valence-corrected chi connectivity index (χ2v) is 9.39. The van der Waals surface area contributed by atoms with E-state index >= 15 is 0 Å². The maximum atomic E-state index is 4.33. The van der Waals surface area contributed by atoms with Crippen molar-refractivity contribution in [2.24, 2.45) is 4.40 Å². The van der Waals surface area contributed by atoms with Gasteiger partial charge in [0.15, 0.2) is 0 Å². The van der Waals surface area contributed by atoms with Crippen molar-refractivity contribution in [2.75, 3.05) is 0 Å². The molecule has 0 aromatic carbocycles. The smallest absolute Gasteiger partial charge is 0.0869 e. The van der Waals surface area contributed by atoms with Crippen LogP contribution in [-0.2, 0) is 0 Å². The molecule has 26 heavy (non-hydrogen) atoms. The first-order valence-electron chi connectivity index (χ1n) is 9.00. The molecular weight excluding hydrogens is 374 g/mol. The van der Waals surface area contributed by atoms with Gasteiger partial charge in [-0.15, -0.1) is 22.7 Å². The fourth-order valence-electron chi connectivity index (χ4n) is 2.95. The number of nitrogens with zero attached hydrogens (tertiary/aromatic N) is 1. The highest BCUT2D eigenvalue weighted by Crippen LogP contribution is 2.40. The molecule has 0 aliphatic heterocycles. The Kier molecular flexibility index (Phi) is 6.06. The molecule has 2 heterocycles. The molecule has 0 spiro atoms. The maximum Gasteiger partial charge on any atom is 0.0869 e. The Morgan fingerprint density at radius 2 is 1.54 bits per heavy atom. The minimum Gasteiger partial charge on any atom is -0.219 e. The van der Waals surface area contributed by atoms with Crippen LogP contribution in [0.4, 0.5) is 0 Å². The minimum absolute atomic E-state index is 0.542. The first-order chi connectivity index (χ1) is 12.5. The van der Waals surface area contributed by atoms with Crippen molar-refractivity contribution in [1.82, 2.24) is 0 Å². The van der Waals surface area contributed by atoms with Crippen LogP contribution in [0.3, 0.4) is 0 Å². The largest absolute Gasteiger partial charge is 0.219 e. The van der Waals surface area contributed by atoms with Crippen molar-refractivity contribution in [3.05, 3.63) is 68.1 Å². The molecule has 0 radical (unpaired) electrons. The third-order valence-corrected chi connectivity index (χ3v) is 7.80. The van der Waals surface area contributed by atoms with Crippen LogP contribution in [0, 0.1) is 0 Å². The summed E-state index contributed by atoms with van der Waals surface area (Å²) < 4.78 is 4.29. The van der Waals surface area contributed by atoms with Crippen LogP contribution >= 0.6 is 35.5 Å². The summed E-state index contributed by atoms with van der Waals surface area (Å²) in [7, 11) is 0. The van der Waals surface area contributed by atoms with E-state index in [2.05, 4.69) is 87.9 Å². The van der Waals surface area contributed by atoms with E-state index in [9.17, 15) is 0 Å². The van der Waals surface area contributed by atoms with Gasteiger partial charge in [-0.1, -0.05) is 46.4 Å². The molecule has 1 aliphatic carbocycles. The van der Waals surface area contributed by atoms with Crippen LogP contribution < -0.4 is 0 Å². The second kappa shape index (κ2) is 8.12. The van der Waals surface area contributed by atoms with Gasteiger partial charge in [0.1, 0.15) is 0 Å². The molecule has 1 atom stereocenters. The number of thiol groups is 1. The average molecular weight is 400 g/mol. The molecule has 0 saturated heterocycles. The summed E-state index contributed by atoms with van der Waals surface area (Å²) in [6.45, 7) is 13.3. The Hall–Kier alpha value is -1.36. The zero-order valence-electron chi connectivity index (χ0n) is 15.7. The van der Waals surface area contributed by atoms with Crippen LogP contribution in [0.1, 0.15) is 65.5 Å². The van der Waals surface area contributed by atoms with Crippen molar-refractivity contribution in [2.45, 2.75) is 46.0 Å². The van der Waals surface area contributed by atoms with E-state index in [0.717, 1.165) is 28.9 Å². The zero-order valence-corrected chi connectivity index (χ0v) is 18.3. The highest BCUT2D eigenvalue weighted by atomic mass is 32.1. The van der Waals surface area contributed by atoms with Gasteiger partial charge in [-0.2, -0.15) is 0 Å². The molecule has 1 nitrogen and oxygen atoms in total. The third-order valence-electron chi connectivity index (χ3n) is 4.83. The fraction of sp³-hybridized carbons (Fsp3) is 0.318. The van der Waals surface area contributed by atoms with Crippen molar-refractivity contribution in [1.29, 1.82) is 0 Å². The van der Waals surface area contributed by atoms with Crippen molar-refractivity contribution >= 4 is 52.3 Å². The fourth-order valence-corrected chi connectivity index (χ4v) is 5.41. The molecule has 2 aromatic rings. The van der Waals surface area contributed by atoms with Crippen LogP contribution in [0.5, 0.6) is 0 Å².